The summed E-state index contributed by atoms with van der Waals surface area (Å²) in [7, 11) is -3.32. The molecule has 2 atom stereocenters. The molecule has 2 fully saturated rings. The van der Waals surface area contributed by atoms with E-state index in [2.05, 4.69) is 11.6 Å². The van der Waals surface area contributed by atoms with Crippen molar-refractivity contribution in [2.24, 2.45) is 17.6 Å². The molecule has 0 amide bonds. The van der Waals surface area contributed by atoms with Gasteiger partial charge in [-0.25, -0.2) is 0 Å². The fraction of sp³-hybridized carbons (Fsp3) is 1.00. The zero-order valence-corrected chi connectivity index (χ0v) is 12.7. The number of hydrogen-bond donors (Lipinski definition) is 2. The summed E-state index contributed by atoms with van der Waals surface area (Å²) in [6.07, 6.45) is 6.16. The summed E-state index contributed by atoms with van der Waals surface area (Å²) in [4.78, 5) is 0. The van der Waals surface area contributed by atoms with Gasteiger partial charge in [-0.3, -0.25) is 0 Å². The van der Waals surface area contributed by atoms with E-state index in [4.69, 9.17) is 5.73 Å². The number of hydrogen-bond acceptors (Lipinski definition) is 3. The Labute approximate surface area is 117 Å². The van der Waals surface area contributed by atoms with E-state index in [0.717, 1.165) is 32.1 Å². The highest BCUT2D eigenvalue weighted by atomic mass is 32.2. The maximum atomic E-state index is 12.4. The van der Waals surface area contributed by atoms with Crippen LogP contribution in [-0.4, -0.2) is 38.4 Å². The second kappa shape index (κ2) is 6.52. The molecule has 0 aromatic heterocycles. The van der Waals surface area contributed by atoms with Gasteiger partial charge in [0, 0.05) is 19.1 Å². The van der Waals surface area contributed by atoms with Gasteiger partial charge in [0.1, 0.15) is 0 Å². The summed E-state index contributed by atoms with van der Waals surface area (Å²) in [5, 5.41) is 0. The Morgan fingerprint density at radius 2 is 1.79 bits per heavy atom. The van der Waals surface area contributed by atoms with Gasteiger partial charge in [-0.05, 0) is 44.1 Å². The first-order valence-corrected chi connectivity index (χ1v) is 8.94. The van der Waals surface area contributed by atoms with Gasteiger partial charge in [0.2, 0.25) is 0 Å². The second-order valence-corrected chi connectivity index (χ2v) is 7.79. The lowest BCUT2D eigenvalue weighted by Crippen LogP contribution is -2.51. The lowest BCUT2D eigenvalue weighted by molar-refractivity contribution is 0.264. The molecule has 5 nitrogen and oxygen atoms in total. The Morgan fingerprint density at radius 1 is 1.16 bits per heavy atom. The summed E-state index contributed by atoms with van der Waals surface area (Å²) >= 11 is 0. The quantitative estimate of drug-likeness (QED) is 0.813. The van der Waals surface area contributed by atoms with Gasteiger partial charge >= 0.3 is 0 Å². The van der Waals surface area contributed by atoms with E-state index in [1.165, 1.54) is 6.42 Å². The average molecular weight is 289 g/mol. The molecule has 0 bridgehead atoms. The van der Waals surface area contributed by atoms with E-state index in [1.807, 2.05) is 0 Å². The van der Waals surface area contributed by atoms with Gasteiger partial charge in [-0.2, -0.15) is 17.4 Å². The molecule has 112 valence electrons. The lowest BCUT2D eigenvalue weighted by Gasteiger charge is -2.35. The van der Waals surface area contributed by atoms with Crippen molar-refractivity contribution in [3.63, 3.8) is 0 Å². The minimum atomic E-state index is -3.32. The zero-order chi connectivity index (χ0) is 13.9. The summed E-state index contributed by atoms with van der Waals surface area (Å²) < 4.78 is 29.3. The van der Waals surface area contributed by atoms with Crippen molar-refractivity contribution in [1.82, 2.24) is 9.03 Å². The maximum Gasteiger partial charge on any atom is 0.279 e. The largest absolute Gasteiger partial charge is 0.330 e. The fourth-order valence-corrected chi connectivity index (χ4v) is 4.67. The van der Waals surface area contributed by atoms with E-state index >= 15 is 0 Å². The zero-order valence-electron chi connectivity index (χ0n) is 11.8. The smallest absolute Gasteiger partial charge is 0.279 e. The lowest BCUT2D eigenvalue weighted by atomic mass is 9.85. The monoisotopic (exact) mass is 289 g/mol. The SMILES string of the molecule is CC1CCN(S(=O)(=O)NC2CCCCC2CN)CC1. The van der Waals surface area contributed by atoms with E-state index in [-0.39, 0.29) is 6.04 Å². The van der Waals surface area contributed by atoms with Crippen molar-refractivity contribution in [3.8, 4) is 0 Å². The number of nitrogens with zero attached hydrogens (tertiary/aromatic N) is 1. The summed E-state index contributed by atoms with van der Waals surface area (Å²) in [5.41, 5.74) is 5.76. The summed E-state index contributed by atoms with van der Waals surface area (Å²) in [5.74, 6) is 0.935. The van der Waals surface area contributed by atoms with Crippen molar-refractivity contribution in [2.75, 3.05) is 19.6 Å². The highest BCUT2D eigenvalue weighted by Crippen LogP contribution is 2.25. The van der Waals surface area contributed by atoms with Crippen molar-refractivity contribution >= 4 is 10.2 Å². The minimum absolute atomic E-state index is 0.0306. The van der Waals surface area contributed by atoms with Crippen LogP contribution in [-0.2, 0) is 10.2 Å². The van der Waals surface area contributed by atoms with Crippen LogP contribution in [0.3, 0.4) is 0 Å². The number of nitrogens with one attached hydrogen (secondary N) is 1. The van der Waals surface area contributed by atoms with E-state index in [0.29, 0.717) is 31.5 Å². The maximum absolute atomic E-state index is 12.4. The molecule has 2 aliphatic rings. The van der Waals surface area contributed by atoms with E-state index < -0.39 is 10.2 Å². The van der Waals surface area contributed by atoms with Crippen molar-refractivity contribution < 1.29 is 8.42 Å². The van der Waals surface area contributed by atoms with Crippen LogP contribution in [0.4, 0.5) is 0 Å². The molecule has 2 rings (SSSR count). The number of nitrogens with two attached hydrogens (primary N) is 1. The third-order valence-corrected chi connectivity index (χ3v) is 6.24. The summed E-state index contributed by atoms with van der Waals surface area (Å²) in [6, 6.07) is 0.0306. The average Bonchev–Trinajstić information content (AvgIpc) is 2.39. The van der Waals surface area contributed by atoms with Crippen molar-refractivity contribution in [1.29, 1.82) is 0 Å². The van der Waals surface area contributed by atoms with Gasteiger partial charge in [0.15, 0.2) is 0 Å². The molecule has 0 radical (unpaired) electrons. The number of piperidine rings is 1. The van der Waals surface area contributed by atoms with Crippen LogP contribution in [0.1, 0.15) is 45.4 Å². The molecule has 0 spiro atoms. The molecular weight excluding hydrogens is 262 g/mol. The normalized spacial score (nSPS) is 31.5. The third kappa shape index (κ3) is 3.90. The van der Waals surface area contributed by atoms with Crippen LogP contribution in [0.15, 0.2) is 0 Å². The first-order valence-electron chi connectivity index (χ1n) is 7.50. The molecule has 6 heteroatoms. The molecular formula is C13H27N3O2S. The van der Waals surface area contributed by atoms with E-state index in [9.17, 15) is 8.42 Å². The number of rotatable bonds is 4. The molecule has 1 aliphatic heterocycles. The molecule has 1 aliphatic carbocycles. The van der Waals surface area contributed by atoms with Crippen LogP contribution in [0, 0.1) is 11.8 Å². The Kier molecular flexibility index (Phi) is 5.22. The Bertz CT molecular complexity index is 377. The Balaban J connectivity index is 1.96. The van der Waals surface area contributed by atoms with E-state index in [1.54, 1.807) is 4.31 Å². The molecule has 2 unspecified atom stereocenters. The highest BCUT2D eigenvalue weighted by molar-refractivity contribution is 7.87. The van der Waals surface area contributed by atoms with Crippen LogP contribution in [0.5, 0.6) is 0 Å². The standard InChI is InChI=1S/C13H27N3O2S/c1-11-6-8-16(9-7-11)19(17,18)15-13-5-3-2-4-12(13)10-14/h11-13,15H,2-10,14H2,1H3. The second-order valence-electron chi connectivity index (χ2n) is 6.09. The topological polar surface area (TPSA) is 75.4 Å². The van der Waals surface area contributed by atoms with Crippen molar-refractivity contribution in [2.45, 2.75) is 51.5 Å². The molecule has 1 heterocycles. The Morgan fingerprint density at radius 3 is 2.42 bits per heavy atom. The van der Waals surface area contributed by atoms with Crippen LogP contribution in [0.25, 0.3) is 0 Å². The van der Waals surface area contributed by atoms with Crippen LogP contribution in [0.2, 0.25) is 0 Å². The van der Waals surface area contributed by atoms with Crippen molar-refractivity contribution in [3.05, 3.63) is 0 Å². The van der Waals surface area contributed by atoms with Gasteiger partial charge in [0.25, 0.3) is 10.2 Å². The third-order valence-electron chi connectivity index (χ3n) is 4.59. The molecule has 19 heavy (non-hydrogen) atoms. The first kappa shape index (κ1) is 15.2. The van der Waals surface area contributed by atoms with Gasteiger partial charge in [-0.1, -0.05) is 19.8 Å². The Hall–Kier alpha value is -0.170. The predicted octanol–water partition coefficient (Wildman–Crippen LogP) is 1.07. The van der Waals surface area contributed by atoms with Crippen LogP contribution >= 0.6 is 0 Å². The summed E-state index contributed by atoms with van der Waals surface area (Å²) in [6.45, 7) is 4.06. The molecule has 0 aromatic rings. The first-order chi connectivity index (χ1) is 9.03. The van der Waals surface area contributed by atoms with Gasteiger partial charge < -0.3 is 5.73 Å². The van der Waals surface area contributed by atoms with Gasteiger partial charge in [-0.15, -0.1) is 0 Å². The predicted molar refractivity (Wildman–Crippen MR) is 76.8 cm³/mol. The fourth-order valence-electron chi connectivity index (χ4n) is 3.14. The van der Waals surface area contributed by atoms with Gasteiger partial charge in [0.05, 0.1) is 0 Å². The van der Waals surface area contributed by atoms with Crippen LogP contribution < -0.4 is 10.5 Å². The highest BCUT2D eigenvalue weighted by Gasteiger charge is 2.32. The molecule has 1 saturated heterocycles. The molecule has 3 N–H and O–H groups in total. The minimum Gasteiger partial charge on any atom is -0.330 e. The molecule has 0 aromatic carbocycles. The molecule has 1 saturated carbocycles.